The first-order chi connectivity index (χ1) is 27.2. The van der Waals surface area contributed by atoms with Gasteiger partial charge in [-0.1, -0.05) is 170 Å². The lowest BCUT2D eigenvalue weighted by molar-refractivity contribution is 1.07. The fourth-order valence-corrected chi connectivity index (χ4v) is 8.20. The highest BCUT2D eigenvalue weighted by Gasteiger charge is 2.17. The summed E-state index contributed by atoms with van der Waals surface area (Å²) >= 11 is 1.79. The average Bonchev–Trinajstić information content (AvgIpc) is 3.66. The molecule has 0 spiro atoms. The second-order valence-corrected chi connectivity index (χ2v) is 14.4. The van der Waals surface area contributed by atoms with Gasteiger partial charge in [0.15, 0.2) is 23.3 Å². The van der Waals surface area contributed by atoms with Crippen LogP contribution in [0.15, 0.2) is 188 Å². The number of aromatic nitrogens is 5. The number of benzene rings is 7. The van der Waals surface area contributed by atoms with Crippen molar-refractivity contribution in [3.63, 3.8) is 0 Å². The van der Waals surface area contributed by atoms with E-state index in [-0.39, 0.29) is 0 Å². The zero-order valence-electron chi connectivity index (χ0n) is 29.5. The third kappa shape index (κ3) is 6.35. The maximum atomic E-state index is 5.04. The smallest absolute Gasteiger partial charge is 0.164 e. The van der Waals surface area contributed by atoms with Crippen LogP contribution in [-0.2, 0) is 0 Å². The second-order valence-electron chi connectivity index (χ2n) is 13.3. The summed E-state index contributed by atoms with van der Waals surface area (Å²) in [6, 6.07) is 64.6. The van der Waals surface area contributed by atoms with Crippen molar-refractivity contribution in [2.24, 2.45) is 0 Å². The highest BCUT2D eigenvalue weighted by molar-refractivity contribution is 7.26. The van der Waals surface area contributed by atoms with Gasteiger partial charge in [-0.05, 0) is 29.3 Å². The SMILES string of the molecule is c1ccc(-c2cc(-c3ccccc3)nc(-c3ccc(-c4cccc5sc6cc(-c7nc(-c8ccccc8)nc(-c8ccccc8)n7)ccc6c45)cc3)n2)cc1. The summed E-state index contributed by atoms with van der Waals surface area (Å²) in [4.78, 5) is 24.9. The third-order valence-corrected chi connectivity index (χ3v) is 10.9. The Morgan fingerprint density at radius 2 is 0.727 bits per heavy atom. The molecular weight excluding hydrogens is 691 g/mol. The van der Waals surface area contributed by atoms with Crippen LogP contribution in [0.2, 0.25) is 0 Å². The Labute approximate surface area is 322 Å². The Balaban J connectivity index is 1.04. The van der Waals surface area contributed by atoms with E-state index in [9.17, 15) is 0 Å². The molecule has 0 bridgehead atoms. The lowest BCUT2D eigenvalue weighted by atomic mass is 9.98. The quantitative estimate of drug-likeness (QED) is 0.164. The van der Waals surface area contributed by atoms with Crippen LogP contribution in [-0.4, -0.2) is 24.9 Å². The van der Waals surface area contributed by atoms with E-state index in [0.29, 0.717) is 23.3 Å². The number of nitrogens with zero attached hydrogens (tertiary/aromatic N) is 5. The molecule has 0 atom stereocenters. The Morgan fingerprint density at radius 3 is 1.27 bits per heavy atom. The third-order valence-electron chi connectivity index (χ3n) is 9.77. The largest absolute Gasteiger partial charge is 0.228 e. The van der Waals surface area contributed by atoms with Crippen molar-refractivity contribution in [1.29, 1.82) is 0 Å². The molecule has 0 aliphatic rings. The highest BCUT2D eigenvalue weighted by Crippen LogP contribution is 2.42. The van der Waals surface area contributed by atoms with Crippen molar-refractivity contribution < 1.29 is 0 Å². The topological polar surface area (TPSA) is 64.5 Å². The van der Waals surface area contributed by atoms with Gasteiger partial charge in [0.2, 0.25) is 0 Å². The Kier molecular flexibility index (Phi) is 8.28. The Morgan fingerprint density at radius 1 is 0.291 bits per heavy atom. The summed E-state index contributed by atoms with van der Waals surface area (Å²) in [5.41, 5.74) is 10.1. The molecule has 0 saturated carbocycles. The summed E-state index contributed by atoms with van der Waals surface area (Å²) in [6.07, 6.45) is 0. The van der Waals surface area contributed by atoms with Gasteiger partial charge in [0.25, 0.3) is 0 Å². The normalized spacial score (nSPS) is 11.3. The maximum Gasteiger partial charge on any atom is 0.164 e. The molecule has 0 aliphatic heterocycles. The molecule has 7 aromatic carbocycles. The summed E-state index contributed by atoms with van der Waals surface area (Å²) < 4.78 is 2.41. The first-order valence-electron chi connectivity index (χ1n) is 18.2. The van der Waals surface area contributed by atoms with E-state index < -0.39 is 0 Å². The fraction of sp³-hybridized carbons (Fsp3) is 0. The molecule has 55 heavy (non-hydrogen) atoms. The highest BCUT2D eigenvalue weighted by atomic mass is 32.1. The van der Waals surface area contributed by atoms with Gasteiger partial charge in [-0.25, -0.2) is 24.9 Å². The lowest BCUT2D eigenvalue weighted by Crippen LogP contribution is -1.99. The van der Waals surface area contributed by atoms with Crippen LogP contribution in [0.5, 0.6) is 0 Å². The van der Waals surface area contributed by atoms with Crippen LogP contribution >= 0.6 is 11.3 Å². The molecule has 10 rings (SSSR count). The van der Waals surface area contributed by atoms with Crippen LogP contribution < -0.4 is 0 Å². The molecule has 10 aromatic rings. The van der Waals surface area contributed by atoms with E-state index in [1.54, 1.807) is 11.3 Å². The molecule has 5 nitrogen and oxygen atoms in total. The molecular formula is C49H31N5S. The standard InChI is InChI=1S/C49H31N5S/c1-5-14-33(15-6-1)41-31-42(34-16-7-2-8-17-34)51-46(50-41)37-26-24-32(25-27-37)39-22-13-23-43-45(39)40-29-28-38(30-44(40)55-43)49-53-47(35-18-9-3-10-19-35)52-48(54-49)36-20-11-4-12-21-36/h1-31H. The lowest BCUT2D eigenvalue weighted by Gasteiger charge is -2.10. The number of fused-ring (bicyclic) bond motifs is 3. The van der Waals surface area contributed by atoms with Crippen molar-refractivity contribution in [2.75, 3.05) is 0 Å². The predicted octanol–water partition coefficient (Wildman–Crippen LogP) is 12.7. The number of thiophene rings is 1. The summed E-state index contributed by atoms with van der Waals surface area (Å²) in [7, 11) is 0. The van der Waals surface area contributed by atoms with E-state index in [2.05, 4.69) is 91.0 Å². The number of hydrogen-bond acceptors (Lipinski definition) is 6. The van der Waals surface area contributed by atoms with E-state index in [0.717, 1.165) is 50.3 Å². The van der Waals surface area contributed by atoms with Crippen molar-refractivity contribution in [2.45, 2.75) is 0 Å². The maximum absolute atomic E-state index is 5.04. The van der Waals surface area contributed by atoms with Gasteiger partial charge in [-0.15, -0.1) is 11.3 Å². The fourth-order valence-electron chi connectivity index (χ4n) is 7.03. The van der Waals surface area contributed by atoms with E-state index in [4.69, 9.17) is 24.9 Å². The molecule has 0 amide bonds. The predicted molar refractivity (Wildman–Crippen MR) is 226 cm³/mol. The van der Waals surface area contributed by atoms with Gasteiger partial charge in [0.05, 0.1) is 11.4 Å². The van der Waals surface area contributed by atoms with E-state index in [1.165, 1.54) is 25.7 Å². The zero-order valence-corrected chi connectivity index (χ0v) is 30.4. The van der Waals surface area contributed by atoms with Crippen molar-refractivity contribution >= 4 is 31.5 Å². The van der Waals surface area contributed by atoms with Gasteiger partial charge in [0, 0.05) is 53.6 Å². The van der Waals surface area contributed by atoms with Crippen molar-refractivity contribution in [3.8, 4) is 79.2 Å². The molecule has 3 heterocycles. The van der Waals surface area contributed by atoms with Gasteiger partial charge in [-0.3, -0.25) is 0 Å². The van der Waals surface area contributed by atoms with E-state index in [1.807, 2.05) is 97.1 Å². The molecule has 0 unspecified atom stereocenters. The first-order valence-corrected chi connectivity index (χ1v) is 19.0. The molecule has 3 aromatic heterocycles. The molecule has 258 valence electrons. The minimum atomic E-state index is 0.650. The van der Waals surface area contributed by atoms with Crippen molar-refractivity contribution in [3.05, 3.63) is 188 Å². The van der Waals surface area contributed by atoms with Crippen LogP contribution in [0.1, 0.15) is 0 Å². The van der Waals surface area contributed by atoms with Gasteiger partial charge >= 0.3 is 0 Å². The second kappa shape index (κ2) is 14.0. The zero-order chi connectivity index (χ0) is 36.6. The average molecular weight is 722 g/mol. The Hall–Kier alpha value is -7.15. The minimum absolute atomic E-state index is 0.650. The summed E-state index contributed by atoms with van der Waals surface area (Å²) in [5, 5.41) is 2.44. The summed E-state index contributed by atoms with van der Waals surface area (Å²) in [5.74, 6) is 2.65. The van der Waals surface area contributed by atoms with Gasteiger partial charge < -0.3 is 0 Å². The minimum Gasteiger partial charge on any atom is -0.228 e. The molecule has 0 aliphatic carbocycles. The van der Waals surface area contributed by atoms with Gasteiger partial charge in [0.1, 0.15) is 0 Å². The molecule has 0 saturated heterocycles. The number of hydrogen-bond donors (Lipinski definition) is 0. The monoisotopic (exact) mass is 721 g/mol. The Bertz CT molecular complexity index is 2830. The van der Waals surface area contributed by atoms with E-state index >= 15 is 0 Å². The van der Waals surface area contributed by atoms with Crippen LogP contribution in [0.25, 0.3) is 99.4 Å². The van der Waals surface area contributed by atoms with Crippen LogP contribution in [0, 0.1) is 0 Å². The van der Waals surface area contributed by atoms with Crippen LogP contribution in [0.3, 0.4) is 0 Å². The van der Waals surface area contributed by atoms with Crippen LogP contribution in [0.4, 0.5) is 0 Å². The first kappa shape index (κ1) is 32.5. The van der Waals surface area contributed by atoms with Gasteiger partial charge in [-0.2, -0.15) is 0 Å². The van der Waals surface area contributed by atoms with Crippen molar-refractivity contribution in [1.82, 2.24) is 24.9 Å². The summed E-state index contributed by atoms with van der Waals surface area (Å²) in [6.45, 7) is 0. The number of rotatable bonds is 7. The molecule has 6 heteroatoms. The molecule has 0 fully saturated rings. The molecule has 0 N–H and O–H groups in total. The molecule has 0 radical (unpaired) electrons.